The third kappa shape index (κ3) is 3.43. The van der Waals surface area contributed by atoms with Gasteiger partial charge in [0.2, 0.25) is 0 Å². The standard InChI is InChI=1S/C13H17N3O3/c1-16(6-5-12(17)18)13(19)15-11-7-9-3-2-4-10(9)8-14-11/h7-8H,2-6H2,1H3,(H,17,18)(H,14,15,19). The number of carbonyl (C=O) groups excluding carboxylic acids is 1. The van der Waals surface area contributed by atoms with E-state index in [4.69, 9.17) is 5.11 Å². The summed E-state index contributed by atoms with van der Waals surface area (Å²) in [5.41, 5.74) is 2.48. The molecule has 0 saturated heterocycles. The number of carboxylic acids is 1. The first-order chi connectivity index (χ1) is 9.06. The van der Waals surface area contributed by atoms with Gasteiger partial charge in [0.05, 0.1) is 6.42 Å². The van der Waals surface area contributed by atoms with E-state index < -0.39 is 5.97 Å². The molecule has 1 aliphatic carbocycles. The van der Waals surface area contributed by atoms with Gasteiger partial charge in [0.15, 0.2) is 0 Å². The number of hydrogen-bond acceptors (Lipinski definition) is 3. The zero-order valence-corrected chi connectivity index (χ0v) is 10.8. The fourth-order valence-electron chi connectivity index (χ4n) is 2.09. The highest BCUT2D eigenvalue weighted by Crippen LogP contribution is 2.23. The molecular weight excluding hydrogens is 246 g/mol. The second kappa shape index (κ2) is 5.69. The van der Waals surface area contributed by atoms with Crippen LogP contribution in [0.5, 0.6) is 0 Å². The zero-order chi connectivity index (χ0) is 13.8. The van der Waals surface area contributed by atoms with Gasteiger partial charge in [-0.1, -0.05) is 0 Å². The van der Waals surface area contributed by atoms with Gasteiger partial charge in [0, 0.05) is 19.8 Å². The molecule has 1 aliphatic rings. The van der Waals surface area contributed by atoms with Gasteiger partial charge in [-0.25, -0.2) is 9.78 Å². The van der Waals surface area contributed by atoms with Gasteiger partial charge < -0.3 is 10.0 Å². The van der Waals surface area contributed by atoms with Crippen LogP contribution in [0.2, 0.25) is 0 Å². The summed E-state index contributed by atoms with van der Waals surface area (Å²) in [4.78, 5) is 27.8. The maximum Gasteiger partial charge on any atom is 0.322 e. The number of fused-ring (bicyclic) bond motifs is 1. The molecule has 2 rings (SSSR count). The minimum absolute atomic E-state index is 0.0679. The summed E-state index contributed by atoms with van der Waals surface area (Å²) in [5.74, 6) is -0.400. The largest absolute Gasteiger partial charge is 0.481 e. The molecule has 2 amide bonds. The average molecular weight is 263 g/mol. The number of hydrogen-bond donors (Lipinski definition) is 2. The van der Waals surface area contributed by atoms with Crippen LogP contribution in [0.1, 0.15) is 24.0 Å². The number of aliphatic carboxylic acids is 1. The summed E-state index contributed by atoms with van der Waals surface area (Å²) in [6, 6.07) is 1.55. The number of carboxylic acid groups (broad SMARTS) is 1. The van der Waals surface area contributed by atoms with E-state index in [9.17, 15) is 9.59 Å². The predicted octanol–water partition coefficient (Wildman–Crippen LogP) is 1.51. The topological polar surface area (TPSA) is 82.5 Å². The molecule has 0 radical (unpaired) electrons. The third-order valence-corrected chi connectivity index (χ3v) is 3.22. The molecule has 0 aliphatic heterocycles. The highest BCUT2D eigenvalue weighted by molar-refractivity contribution is 5.88. The van der Waals surface area contributed by atoms with Gasteiger partial charge in [-0.3, -0.25) is 10.1 Å². The van der Waals surface area contributed by atoms with Crippen LogP contribution >= 0.6 is 0 Å². The maximum absolute atomic E-state index is 11.8. The Labute approximate surface area is 111 Å². The molecule has 1 heterocycles. The van der Waals surface area contributed by atoms with Gasteiger partial charge in [0.25, 0.3) is 0 Å². The summed E-state index contributed by atoms with van der Waals surface area (Å²) >= 11 is 0. The summed E-state index contributed by atoms with van der Waals surface area (Å²) in [6.07, 6.45) is 4.94. The molecule has 102 valence electrons. The molecule has 1 aromatic heterocycles. The van der Waals surface area contributed by atoms with Crippen molar-refractivity contribution >= 4 is 17.8 Å². The van der Waals surface area contributed by atoms with Crippen molar-refractivity contribution < 1.29 is 14.7 Å². The van der Waals surface area contributed by atoms with Crippen LogP contribution < -0.4 is 5.32 Å². The van der Waals surface area contributed by atoms with Crippen molar-refractivity contribution in [3.05, 3.63) is 23.4 Å². The van der Waals surface area contributed by atoms with E-state index >= 15 is 0 Å². The Morgan fingerprint density at radius 1 is 1.42 bits per heavy atom. The van der Waals surface area contributed by atoms with Crippen LogP contribution in [0.4, 0.5) is 10.6 Å². The molecule has 0 bridgehead atoms. The Morgan fingerprint density at radius 3 is 2.89 bits per heavy atom. The number of nitrogens with zero attached hydrogens (tertiary/aromatic N) is 2. The van der Waals surface area contributed by atoms with E-state index in [1.54, 1.807) is 13.2 Å². The summed E-state index contributed by atoms with van der Waals surface area (Å²) in [7, 11) is 1.56. The number of rotatable bonds is 4. The van der Waals surface area contributed by atoms with E-state index in [0.29, 0.717) is 5.82 Å². The number of nitrogens with one attached hydrogen (secondary N) is 1. The average Bonchev–Trinajstić information content (AvgIpc) is 2.83. The number of pyridine rings is 1. The molecule has 0 atom stereocenters. The second-order valence-electron chi connectivity index (χ2n) is 4.69. The van der Waals surface area contributed by atoms with Crippen molar-refractivity contribution in [2.45, 2.75) is 25.7 Å². The molecule has 2 N–H and O–H groups in total. The molecule has 0 unspecified atom stereocenters. The fraction of sp³-hybridized carbons (Fsp3) is 0.462. The highest BCUT2D eigenvalue weighted by atomic mass is 16.4. The van der Waals surface area contributed by atoms with Gasteiger partial charge in [-0.05, 0) is 36.5 Å². The van der Waals surface area contributed by atoms with E-state index in [0.717, 1.165) is 19.3 Å². The van der Waals surface area contributed by atoms with E-state index in [1.807, 2.05) is 6.07 Å². The van der Waals surface area contributed by atoms with Crippen molar-refractivity contribution in [2.24, 2.45) is 0 Å². The van der Waals surface area contributed by atoms with Crippen LogP contribution in [-0.2, 0) is 17.6 Å². The predicted molar refractivity (Wildman–Crippen MR) is 70.2 cm³/mol. The Bertz CT molecular complexity index is 502. The number of anilines is 1. The monoisotopic (exact) mass is 263 g/mol. The van der Waals surface area contributed by atoms with E-state index in [1.165, 1.54) is 16.0 Å². The lowest BCUT2D eigenvalue weighted by Crippen LogP contribution is -2.33. The maximum atomic E-state index is 11.8. The van der Waals surface area contributed by atoms with Gasteiger partial charge >= 0.3 is 12.0 Å². The summed E-state index contributed by atoms with van der Waals surface area (Å²) < 4.78 is 0. The Hall–Kier alpha value is -2.11. The van der Waals surface area contributed by atoms with Gasteiger partial charge in [-0.15, -0.1) is 0 Å². The van der Waals surface area contributed by atoms with Crippen LogP contribution in [0.15, 0.2) is 12.3 Å². The first-order valence-corrected chi connectivity index (χ1v) is 6.28. The minimum Gasteiger partial charge on any atom is -0.481 e. The van der Waals surface area contributed by atoms with Gasteiger partial charge in [-0.2, -0.15) is 0 Å². The molecule has 19 heavy (non-hydrogen) atoms. The normalized spacial score (nSPS) is 12.9. The van der Waals surface area contributed by atoms with Crippen molar-refractivity contribution in [3.8, 4) is 0 Å². The lowest BCUT2D eigenvalue weighted by molar-refractivity contribution is -0.137. The van der Waals surface area contributed by atoms with Crippen molar-refractivity contribution in [1.29, 1.82) is 0 Å². The SMILES string of the molecule is CN(CCC(=O)O)C(=O)Nc1cc2c(cn1)CCC2. The summed E-state index contributed by atoms with van der Waals surface area (Å²) in [6.45, 7) is 0.173. The number of aromatic nitrogens is 1. The van der Waals surface area contributed by atoms with Crippen LogP contribution in [0, 0.1) is 0 Å². The van der Waals surface area contributed by atoms with Crippen molar-refractivity contribution in [3.63, 3.8) is 0 Å². The van der Waals surface area contributed by atoms with E-state index in [-0.39, 0.29) is 19.0 Å². The fourth-order valence-corrected chi connectivity index (χ4v) is 2.09. The lowest BCUT2D eigenvalue weighted by atomic mass is 10.2. The number of aryl methyl sites for hydroxylation is 2. The minimum atomic E-state index is -0.921. The smallest absolute Gasteiger partial charge is 0.322 e. The third-order valence-electron chi connectivity index (χ3n) is 3.22. The molecule has 1 aromatic rings. The quantitative estimate of drug-likeness (QED) is 0.862. The molecule has 0 saturated carbocycles. The van der Waals surface area contributed by atoms with E-state index in [2.05, 4.69) is 10.3 Å². The first kappa shape index (κ1) is 13.3. The first-order valence-electron chi connectivity index (χ1n) is 6.28. The summed E-state index contributed by atoms with van der Waals surface area (Å²) in [5, 5.41) is 11.2. The highest BCUT2D eigenvalue weighted by Gasteiger charge is 2.14. The van der Waals surface area contributed by atoms with Crippen molar-refractivity contribution in [1.82, 2.24) is 9.88 Å². The van der Waals surface area contributed by atoms with Crippen LogP contribution in [0.3, 0.4) is 0 Å². The second-order valence-corrected chi connectivity index (χ2v) is 4.69. The molecular formula is C13H17N3O3. The van der Waals surface area contributed by atoms with Gasteiger partial charge in [0.1, 0.15) is 5.82 Å². The molecule has 0 spiro atoms. The number of carbonyl (C=O) groups is 2. The number of amides is 2. The number of urea groups is 1. The molecule has 0 aromatic carbocycles. The molecule has 0 fully saturated rings. The Morgan fingerprint density at radius 2 is 2.16 bits per heavy atom. The van der Waals surface area contributed by atoms with Crippen LogP contribution in [-0.4, -0.2) is 40.6 Å². The van der Waals surface area contributed by atoms with Crippen molar-refractivity contribution in [2.75, 3.05) is 18.9 Å². The molecule has 6 heteroatoms. The van der Waals surface area contributed by atoms with Crippen LogP contribution in [0.25, 0.3) is 0 Å². The lowest BCUT2D eigenvalue weighted by Gasteiger charge is -2.16. The molecule has 6 nitrogen and oxygen atoms in total. The Kier molecular flexibility index (Phi) is 3.99. The Balaban J connectivity index is 1.93. The zero-order valence-electron chi connectivity index (χ0n) is 10.8.